The molecule has 0 saturated carbocycles. The van der Waals surface area contributed by atoms with Crippen molar-refractivity contribution in [2.24, 2.45) is 4.99 Å². The number of fused-ring (bicyclic) bond motifs is 1. The Bertz CT molecular complexity index is 1460. The Morgan fingerprint density at radius 2 is 1.75 bits per heavy atom. The highest BCUT2D eigenvalue weighted by atomic mass is 32.1. The molecule has 0 saturated heterocycles. The summed E-state index contributed by atoms with van der Waals surface area (Å²) in [6, 6.07) is 15.0. The molecule has 0 radical (unpaired) electrons. The summed E-state index contributed by atoms with van der Waals surface area (Å²) in [7, 11) is 0. The normalized spacial score (nSPS) is 15.8. The Morgan fingerprint density at radius 3 is 2.33 bits per heavy atom. The summed E-state index contributed by atoms with van der Waals surface area (Å²) in [5.41, 5.74) is 3.71. The zero-order valence-electron chi connectivity index (χ0n) is 21.6. The van der Waals surface area contributed by atoms with E-state index in [2.05, 4.69) is 31.0 Å². The number of allylic oxidation sites excluding steroid dienone is 1. The molecule has 36 heavy (non-hydrogen) atoms. The minimum atomic E-state index is -0.645. The maximum absolute atomic E-state index is 13.7. The summed E-state index contributed by atoms with van der Waals surface area (Å²) < 4.78 is 13.3. The highest BCUT2D eigenvalue weighted by Crippen LogP contribution is 2.32. The molecule has 1 aliphatic rings. The number of hydrogen-bond donors (Lipinski definition) is 0. The Kier molecular flexibility index (Phi) is 7.59. The number of hydrogen-bond acceptors (Lipinski definition) is 6. The van der Waals surface area contributed by atoms with Gasteiger partial charge in [0.25, 0.3) is 5.56 Å². The fourth-order valence-corrected chi connectivity index (χ4v) is 5.26. The molecule has 0 spiro atoms. The third-order valence-electron chi connectivity index (χ3n) is 5.99. The molecule has 1 atom stereocenters. The lowest BCUT2D eigenvalue weighted by Gasteiger charge is -2.25. The van der Waals surface area contributed by atoms with Crippen LogP contribution in [0.5, 0.6) is 5.75 Å². The van der Waals surface area contributed by atoms with Gasteiger partial charge in [0.05, 0.1) is 34.6 Å². The van der Waals surface area contributed by atoms with E-state index in [0.717, 1.165) is 16.9 Å². The molecule has 2 aromatic carbocycles. The van der Waals surface area contributed by atoms with E-state index in [9.17, 15) is 9.59 Å². The van der Waals surface area contributed by atoms with Crippen molar-refractivity contribution < 1.29 is 14.3 Å². The van der Waals surface area contributed by atoms with Gasteiger partial charge in [-0.15, -0.1) is 0 Å². The molecule has 2 heterocycles. The molecule has 1 aliphatic heterocycles. The van der Waals surface area contributed by atoms with Gasteiger partial charge in [0, 0.05) is 0 Å². The van der Waals surface area contributed by atoms with Crippen molar-refractivity contribution in [2.45, 2.75) is 59.6 Å². The van der Waals surface area contributed by atoms with Crippen molar-refractivity contribution in [3.05, 3.63) is 96.2 Å². The second kappa shape index (κ2) is 10.7. The predicted octanol–water partition coefficient (Wildman–Crippen LogP) is 4.71. The quantitative estimate of drug-likeness (QED) is 0.437. The van der Waals surface area contributed by atoms with Crippen LogP contribution >= 0.6 is 11.3 Å². The van der Waals surface area contributed by atoms with Gasteiger partial charge < -0.3 is 9.47 Å². The number of carbonyl (C=O) groups is 1. The first kappa shape index (κ1) is 25.6. The average Bonchev–Trinajstić information content (AvgIpc) is 3.13. The van der Waals surface area contributed by atoms with E-state index in [1.165, 1.54) is 16.9 Å². The van der Waals surface area contributed by atoms with Crippen LogP contribution in [-0.4, -0.2) is 23.2 Å². The molecular weight excluding hydrogens is 472 g/mol. The van der Waals surface area contributed by atoms with E-state index in [-0.39, 0.29) is 11.7 Å². The van der Waals surface area contributed by atoms with Crippen LogP contribution in [0, 0.1) is 0 Å². The number of nitrogens with zero attached hydrogens (tertiary/aromatic N) is 2. The third kappa shape index (κ3) is 5.21. The zero-order valence-corrected chi connectivity index (χ0v) is 22.4. The summed E-state index contributed by atoms with van der Waals surface area (Å²) in [5, 5.41) is 0. The van der Waals surface area contributed by atoms with Crippen molar-refractivity contribution in [1.29, 1.82) is 0 Å². The van der Waals surface area contributed by atoms with Crippen molar-refractivity contribution in [3.8, 4) is 5.75 Å². The Morgan fingerprint density at radius 1 is 1.08 bits per heavy atom. The topological polar surface area (TPSA) is 69.9 Å². The van der Waals surface area contributed by atoms with Crippen LogP contribution in [0.1, 0.15) is 70.2 Å². The molecular formula is C29H32N2O4S. The van der Waals surface area contributed by atoms with Gasteiger partial charge in [-0.05, 0) is 68.5 Å². The van der Waals surface area contributed by atoms with Crippen LogP contribution in [-0.2, 0) is 9.53 Å². The number of carbonyl (C=O) groups excluding carboxylic acids is 1. The molecule has 0 aliphatic carbocycles. The lowest BCUT2D eigenvalue weighted by Crippen LogP contribution is -2.40. The molecule has 0 unspecified atom stereocenters. The van der Waals surface area contributed by atoms with Crippen LogP contribution in [0.15, 0.2) is 69.6 Å². The summed E-state index contributed by atoms with van der Waals surface area (Å²) in [6.07, 6.45) is 1.59. The Hall–Kier alpha value is -3.45. The van der Waals surface area contributed by atoms with Gasteiger partial charge in [-0.1, -0.05) is 61.6 Å². The number of ether oxygens (including phenoxy) is 2. The Labute approximate surface area is 215 Å². The molecule has 1 aromatic heterocycles. The Balaban J connectivity index is 1.87. The second-order valence-electron chi connectivity index (χ2n) is 9.36. The second-order valence-corrected chi connectivity index (χ2v) is 10.4. The number of thiazole rings is 1. The van der Waals surface area contributed by atoms with Gasteiger partial charge >= 0.3 is 5.97 Å². The molecule has 4 rings (SSSR count). The highest BCUT2D eigenvalue weighted by molar-refractivity contribution is 7.07. The summed E-state index contributed by atoms with van der Waals surface area (Å²) in [5.74, 6) is 0.694. The van der Waals surface area contributed by atoms with Crippen LogP contribution < -0.4 is 19.6 Å². The van der Waals surface area contributed by atoms with E-state index in [0.29, 0.717) is 33.1 Å². The van der Waals surface area contributed by atoms with Gasteiger partial charge in [0.2, 0.25) is 0 Å². The van der Waals surface area contributed by atoms with Crippen molar-refractivity contribution in [1.82, 2.24) is 4.57 Å². The minimum absolute atomic E-state index is 0.187. The summed E-state index contributed by atoms with van der Waals surface area (Å²) >= 11 is 1.33. The number of rotatable bonds is 7. The van der Waals surface area contributed by atoms with Gasteiger partial charge in [0.1, 0.15) is 5.75 Å². The van der Waals surface area contributed by atoms with Crippen molar-refractivity contribution in [2.75, 3.05) is 6.61 Å². The van der Waals surface area contributed by atoms with E-state index in [1.807, 2.05) is 49.4 Å². The predicted molar refractivity (Wildman–Crippen MR) is 143 cm³/mol. The number of aromatic nitrogens is 1. The molecule has 6 nitrogen and oxygen atoms in total. The third-order valence-corrected chi connectivity index (χ3v) is 6.98. The fraction of sp³-hybridized carbons (Fsp3) is 0.345. The van der Waals surface area contributed by atoms with Gasteiger partial charge in [-0.3, -0.25) is 9.36 Å². The largest absolute Gasteiger partial charge is 0.494 e. The fourth-order valence-electron chi connectivity index (χ4n) is 4.22. The van der Waals surface area contributed by atoms with E-state index in [4.69, 9.17) is 9.47 Å². The van der Waals surface area contributed by atoms with Gasteiger partial charge in [0.15, 0.2) is 4.80 Å². The molecule has 0 amide bonds. The monoisotopic (exact) mass is 504 g/mol. The zero-order chi connectivity index (χ0) is 26.0. The summed E-state index contributed by atoms with van der Waals surface area (Å²) in [4.78, 5) is 32.1. The van der Waals surface area contributed by atoms with Gasteiger partial charge in [-0.2, -0.15) is 0 Å². The first-order chi connectivity index (χ1) is 17.2. The molecule has 7 heteroatoms. The molecule has 3 aromatic rings. The SMILES string of the molecule is CCOc1ccc([C@@H]2C(C(=O)OC(C)C)=C(C)N=c3s/c(=C/c4ccc(C(C)C)cc4)c(=O)n32)cc1. The van der Waals surface area contributed by atoms with Crippen LogP contribution in [0.3, 0.4) is 0 Å². The molecule has 0 N–H and O–H groups in total. The van der Waals surface area contributed by atoms with Crippen molar-refractivity contribution in [3.63, 3.8) is 0 Å². The highest BCUT2D eigenvalue weighted by Gasteiger charge is 2.33. The molecule has 0 bridgehead atoms. The van der Waals surface area contributed by atoms with E-state index in [1.54, 1.807) is 25.3 Å². The first-order valence-corrected chi connectivity index (χ1v) is 13.1. The summed E-state index contributed by atoms with van der Waals surface area (Å²) in [6.45, 7) is 12.2. The lowest BCUT2D eigenvalue weighted by atomic mass is 9.96. The molecule has 188 valence electrons. The maximum Gasteiger partial charge on any atom is 0.338 e. The van der Waals surface area contributed by atoms with Crippen LogP contribution in [0.25, 0.3) is 6.08 Å². The van der Waals surface area contributed by atoms with Gasteiger partial charge in [-0.25, -0.2) is 9.79 Å². The lowest BCUT2D eigenvalue weighted by molar-refractivity contribution is -0.143. The number of benzene rings is 2. The molecule has 0 fully saturated rings. The number of esters is 1. The average molecular weight is 505 g/mol. The smallest absolute Gasteiger partial charge is 0.338 e. The van der Waals surface area contributed by atoms with E-state index >= 15 is 0 Å². The van der Waals surface area contributed by atoms with Crippen molar-refractivity contribution >= 4 is 23.4 Å². The van der Waals surface area contributed by atoms with Crippen LogP contribution in [0.2, 0.25) is 0 Å². The minimum Gasteiger partial charge on any atom is -0.494 e. The van der Waals surface area contributed by atoms with Crippen LogP contribution in [0.4, 0.5) is 0 Å². The standard InChI is InChI=1S/C29H32N2O4S/c1-7-34-23-14-12-22(13-15-23)26-25(28(33)35-18(4)5)19(6)30-29-31(26)27(32)24(36-29)16-20-8-10-21(11-9-20)17(2)3/h8-18,26H,7H2,1-6H3/b24-16+/t26-/m1/s1. The van der Waals surface area contributed by atoms with E-state index < -0.39 is 12.0 Å². The first-order valence-electron chi connectivity index (χ1n) is 12.3. The maximum atomic E-state index is 13.7.